The van der Waals surface area contributed by atoms with Crippen LogP contribution in [0.25, 0.3) is 11.6 Å². The van der Waals surface area contributed by atoms with E-state index in [1.807, 2.05) is 60.7 Å². The van der Waals surface area contributed by atoms with E-state index in [1.54, 1.807) is 7.11 Å². The molecule has 7 heteroatoms. The van der Waals surface area contributed by atoms with Crippen molar-refractivity contribution in [2.75, 3.05) is 33.0 Å². The Hall–Kier alpha value is -2.64. The number of amides is 1. The van der Waals surface area contributed by atoms with Crippen molar-refractivity contribution < 1.29 is 17.9 Å². The van der Waals surface area contributed by atoms with E-state index in [-0.39, 0.29) is 11.8 Å². The Morgan fingerprint density at radius 3 is 2.37 bits per heavy atom. The first-order valence-corrected chi connectivity index (χ1v) is 11.9. The number of benzene rings is 2. The van der Waals surface area contributed by atoms with E-state index < -0.39 is 10.0 Å². The molecule has 0 radical (unpaired) electrons. The molecular weight excluding hydrogens is 400 g/mol. The number of carbonyl (C=O) groups is 1. The maximum absolute atomic E-state index is 13.1. The van der Waals surface area contributed by atoms with Crippen LogP contribution in [0.2, 0.25) is 0 Å². The summed E-state index contributed by atoms with van der Waals surface area (Å²) in [5, 5.41) is 3.05. The number of rotatable bonds is 7. The van der Waals surface area contributed by atoms with Gasteiger partial charge >= 0.3 is 0 Å². The Kier molecular flexibility index (Phi) is 7.29. The summed E-state index contributed by atoms with van der Waals surface area (Å²) in [7, 11) is -1.54. The molecule has 0 saturated carbocycles. The lowest BCUT2D eigenvalue weighted by Gasteiger charge is -2.30. The van der Waals surface area contributed by atoms with Gasteiger partial charge in [0.1, 0.15) is 5.75 Å². The van der Waals surface area contributed by atoms with Crippen molar-refractivity contribution >= 4 is 27.6 Å². The van der Waals surface area contributed by atoms with Crippen molar-refractivity contribution in [3.05, 3.63) is 65.7 Å². The molecular formula is C23H28N2O4S. The fourth-order valence-corrected chi connectivity index (χ4v) is 4.49. The quantitative estimate of drug-likeness (QED) is 0.543. The predicted molar refractivity (Wildman–Crippen MR) is 119 cm³/mol. The van der Waals surface area contributed by atoms with Gasteiger partial charge in [0.2, 0.25) is 10.0 Å². The highest BCUT2D eigenvalue weighted by atomic mass is 32.2. The highest BCUT2D eigenvalue weighted by Gasteiger charge is 2.25. The van der Waals surface area contributed by atoms with Gasteiger partial charge in [-0.25, -0.2) is 12.7 Å². The zero-order valence-electron chi connectivity index (χ0n) is 17.4. The summed E-state index contributed by atoms with van der Waals surface area (Å²) in [6.45, 7) is 1.52. The van der Waals surface area contributed by atoms with E-state index in [2.05, 4.69) is 5.32 Å². The summed E-state index contributed by atoms with van der Waals surface area (Å²) in [6, 6.07) is 17.1. The van der Waals surface area contributed by atoms with Gasteiger partial charge in [0, 0.05) is 30.8 Å². The number of para-hydroxylation sites is 1. The van der Waals surface area contributed by atoms with Crippen molar-refractivity contribution in [2.24, 2.45) is 5.92 Å². The zero-order valence-corrected chi connectivity index (χ0v) is 18.2. The molecule has 1 heterocycles. The summed E-state index contributed by atoms with van der Waals surface area (Å²) in [6.07, 6.45) is 4.56. The van der Waals surface area contributed by atoms with E-state index in [4.69, 9.17) is 4.74 Å². The highest BCUT2D eigenvalue weighted by Crippen LogP contribution is 2.25. The molecule has 3 rings (SSSR count). The Morgan fingerprint density at radius 2 is 1.73 bits per heavy atom. The molecule has 0 atom stereocenters. The third kappa shape index (κ3) is 5.70. The second kappa shape index (κ2) is 9.91. The Bertz CT molecular complexity index is 995. The Morgan fingerprint density at radius 1 is 1.10 bits per heavy atom. The summed E-state index contributed by atoms with van der Waals surface area (Å²) in [5.74, 6) is 0.805. The number of nitrogens with one attached hydrogen (secondary N) is 1. The highest BCUT2D eigenvalue weighted by molar-refractivity contribution is 7.88. The molecule has 1 amide bonds. The predicted octanol–water partition coefficient (Wildman–Crippen LogP) is 3.02. The standard InChI is InChI=1S/C23H28N2O4S/c1-29-22-11-7-6-10-20(22)16-21(19-8-4-3-5-9-19)23(26)24-17-18-12-14-25(15-13-18)30(2,27)28/h3-11,16,18H,12-15,17H2,1-2H3,(H,24,26)/b21-16+. The minimum Gasteiger partial charge on any atom is -0.496 e. The van der Waals surface area contributed by atoms with E-state index in [1.165, 1.54) is 10.6 Å². The van der Waals surface area contributed by atoms with Gasteiger partial charge in [-0.2, -0.15) is 0 Å². The van der Waals surface area contributed by atoms with Crippen LogP contribution in [-0.2, 0) is 14.8 Å². The smallest absolute Gasteiger partial charge is 0.251 e. The van der Waals surface area contributed by atoms with E-state index >= 15 is 0 Å². The van der Waals surface area contributed by atoms with Crippen molar-refractivity contribution in [3.8, 4) is 5.75 Å². The molecule has 0 spiro atoms. The molecule has 0 aromatic heterocycles. The largest absolute Gasteiger partial charge is 0.496 e. The lowest BCUT2D eigenvalue weighted by atomic mass is 9.97. The summed E-state index contributed by atoms with van der Waals surface area (Å²) in [5.41, 5.74) is 2.22. The molecule has 2 aromatic rings. The molecule has 0 unspecified atom stereocenters. The van der Waals surface area contributed by atoms with Crippen LogP contribution in [0.1, 0.15) is 24.0 Å². The number of hydrogen-bond donors (Lipinski definition) is 1. The monoisotopic (exact) mass is 428 g/mol. The van der Waals surface area contributed by atoms with Gasteiger partial charge in [-0.05, 0) is 36.5 Å². The van der Waals surface area contributed by atoms with Gasteiger partial charge in [0.05, 0.1) is 13.4 Å². The molecule has 2 aromatic carbocycles. The molecule has 1 fully saturated rings. The Labute approximate surface area is 178 Å². The van der Waals surface area contributed by atoms with Gasteiger partial charge in [0.25, 0.3) is 5.91 Å². The van der Waals surface area contributed by atoms with Gasteiger partial charge in [0.15, 0.2) is 0 Å². The first-order valence-electron chi connectivity index (χ1n) is 10.0. The van der Waals surface area contributed by atoms with Crippen LogP contribution in [-0.4, -0.2) is 51.6 Å². The number of nitrogens with zero attached hydrogens (tertiary/aromatic N) is 1. The van der Waals surface area contributed by atoms with Crippen molar-refractivity contribution in [1.82, 2.24) is 9.62 Å². The molecule has 1 saturated heterocycles. The summed E-state index contributed by atoms with van der Waals surface area (Å²) < 4.78 is 30.3. The molecule has 160 valence electrons. The van der Waals surface area contributed by atoms with Crippen LogP contribution in [0.3, 0.4) is 0 Å². The first kappa shape index (κ1) is 22.1. The lowest BCUT2D eigenvalue weighted by molar-refractivity contribution is -0.115. The number of carbonyl (C=O) groups excluding carboxylic acids is 1. The second-order valence-corrected chi connectivity index (χ2v) is 9.46. The molecule has 0 aliphatic carbocycles. The third-order valence-corrected chi connectivity index (χ3v) is 6.67. The molecule has 1 aliphatic heterocycles. The van der Waals surface area contributed by atoms with E-state index in [0.717, 1.165) is 24.0 Å². The van der Waals surface area contributed by atoms with Crippen LogP contribution in [0, 0.1) is 5.92 Å². The van der Waals surface area contributed by atoms with Crippen LogP contribution >= 0.6 is 0 Å². The lowest BCUT2D eigenvalue weighted by Crippen LogP contribution is -2.41. The normalized spacial score (nSPS) is 16.3. The van der Waals surface area contributed by atoms with Crippen LogP contribution in [0.4, 0.5) is 0 Å². The maximum Gasteiger partial charge on any atom is 0.251 e. The number of methoxy groups -OCH3 is 1. The van der Waals surface area contributed by atoms with Crippen LogP contribution in [0.15, 0.2) is 54.6 Å². The third-order valence-electron chi connectivity index (χ3n) is 5.36. The maximum atomic E-state index is 13.1. The van der Waals surface area contributed by atoms with Crippen molar-refractivity contribution in [3.63, 3.8) is 0 Å². The van der Waals surface area contributed by atoms with E-state index in [9.17, 15) is 13.2 Å². The number of hydrogen-bond acceptors (Lipinski definition) is 4. The van der Waals surface area contributed by atoms with Gasteiger partial charge < -0.3 is 10.1 Å². The summed E-state index contributed by atoms with van der Waals surface area (Å²) >= 11 is 0. The fourth-order valence-electron chi connectivity index (χ4n) is 3.62. The van der Waals surface area contributed by atoms with Gasteiger partial charge in [-0.1, -0.05) is 48.5 Å². The fraction of sp³-hybridized carbons (Fsp3) is 0.348. The first-order chi connectivity index (χ1) is 14.4. The molecule has 30 heavy (non-hydrogen) atoms. The van der Waals surface area contributed by atoms with E-state index in [0.29, 0.717) is 31.0 Å². The topological polar surface area (TPSA) is 75.7 Å². The SMILES string of the molecule is COc1ccccc1/C=C(/C(=O)NCC1CCN(S(C)(=O)=O)CC1)c1ccccc1. The molecule has 1 aliphatic rings. The molecule has 1 N–H and O–H groups in total. The minimum atomic E-state index is -3.15. The average molecular weight is 429 g/mol. The van der Waals surface area contributed by atoms with Gasteiger partial charge in [-0.3, -0.25) is 4.79 Å². The number of sulfonamides is 1. The minimum absolute atomic E-state index is 0.155. The Balaban J connectivity index is 1.73. The van der Waals surface area contributed by atoms with Gasteiger partial charge in [-0.15, -0.1) is 0 Å². The number of piperidine rings is 1. The summed E-state index contributed by atoms with van der Waals surface area (Å²) in [4.78, 5) is 13.1. The number of ether oxygens (including phenoxy) is 1. The van der Waals surface area contributed by atoms with Crippen LogP contribution in [0.5, 0.6) is 5.75 Å². The van der Waals surface area contributed by atoms with Crippen molar-refractivity contribution in [1.29, 1.82) is 0 Å². The molecule has 0 bridgehead atoms. The second-order valence-electron chi connectivity index (χ2n) is 7.48. The van der Waals surface area contributed by atoms with Crippen LogP contribution < -0.4 is 10.1 Å². The van der Waals surface area contributed by atoms with Crippen molar-refractivity contribution in [2.45, 2.75) is 12.8 Å². The zero-order chi connectivity index (χ0) is 21.6. The average Bonchev–Trinajstić information content (AvgIpc) is 2.76. The molecule has 6 nitrogen and oxygen atoms in total.